The van der Waals surface area contributed by atoms with Crippen molar-refractivity contribution in [2.75, 3.05) is 37.8 Å². The summed E-state index contributed by atoms with van der Waals surface area (Å²) in [5, 5.41) is 0.289. The SMILES string of the molecule is Cc1c(OCC(F)(F)F)ccnc1CS(=O)c1nc2ccc(N3CCOCC3)cc2[nH]1. The van der Waals surface area contributed by atoms with Gasteiger partial charge in [0.25, 0.3) is 0 Å². The summed E-state index contributed by atoms with van der Waals surface area (Å²) in [6.45, 7) is 3.16. The van der Waals surface area contributed by atoms with Gasteiger partial charge < -0.3 is 19.4 Å². The Balaban J connectivity index is 1.50. The number of halogens is 3. The third-order valence-electron chi connectivity index (χ3n) is 4.95. The highest BCUT2D eigenvalue weighted by molar-refractivity contribution is 7.84. The van der Waals surface area contributed by atoms with E-state index in [1.54, 1.807) is 6.92 Å². The number of benzene rings is 1. The van der Waals surface area contributed by atoms with Crippen LogP contribution in [0.25, 0.3) is 11.0 Å². The Kier molecular flexibility index (Phi) is 6.15. The molecule has 3 aromatic rings. The Hall–Kier alpha value is -2.66. The minimum atomic E-state index is -4.44. The number of fused-ring (bicyclic) bond motifs is 1. The molecule has 0 spiro atoms. The van der Waals surface area contributed by atoms with Crippen molar-refractivity contribution >= 4 is 27.5 Å². The van der Waals surface area contributed by atoms with E-state index in [9.17, 15) is 17.4 Å². The van der Waals surface area contributed by atoms with Crippen molar-refractivity contribution in [3.63, 3.8) is 0 Å². The van der Waals surface area contributed by atoms with Crippen LogP contribution in [0.1, 0.15) is 11.3 Å². The fourth-order valence-electron chi connectivity index (χ4n) is 3.31. The van der Waals surface area contributed by atoms with Gasteiger partial charge in [0.1, 0.15) is 5.75 Å². The normalized spacial score (nSPS) is 15.9. The molecule has 1 atom stereocenters. The van der Waals surface area contributed by atoms with Gasteiger partial charge in [-0.1, -0.05) is 0 Å². The number of H-pyrrole nitrogens is 1. The van der Waals surface area contributed by atoms with Crippen LogP contribution in [0.5, 0.6) is 5.75 Å². The van der Waals surface area contributed by atoms with Crippen molar-refractivity contribution in [3.8, 4) is 5.75 Å². The molecule has 166 valence electrons. The van der Waals surface area contributed by atoms with E-state index in [1.165, 1.54) is 12.3 Å². The van der Waals surface area contributed by atoms with Crippen LogP contribution >= 0.6 is 0 Å². The molecule has 1 N–H and O–H groups in total. The fraction of sp³-hybridized carbons (Fsp3) is 0.400. The molecule has 0 saturated carbocycles. The first-order valence-electron chi connectivity index (χ1n) is 9.65. The predicted octanol–water partition coefficient (Wildman–Crippen LogP) is 3.35. The summed E-state index contributed by atoms with van der Waals surface area (Å²) in [6, 6.07) is 7.16. The van der Waals surface area contributed by atoms with Crippen LogP contribution in [0.2, 0.25) is 0 Å². The number of imidazole rings is 1. The number of aromatic nitrogens is 3. The number of nitrogens with zero attached hydrogens (tertiary/aromatic N) is 3. The van der Waals surface area contributed by atoms with E-state index in [4.69, 9.17) is 9.47 Å². The molecule has 31 heavy (non-hydrogen) atoms. The van der Waals surface area contributed by atoms with Crippen LogP contribution in [0, 0.1) is 6.92 Å². The Morgan fingerprint density at radius 1 is 1.26 bits per heavy atom. The summed E-state index contributed by atoms with van der Waals surface area (Å²) in [4.78, 5) is 13.9. The molecular weight excluding hydrogens is 433 g/mol. The molecule has 1 aliphatic rings. The third kappa shape index (κ3) is 5.16. The lowest BCUT2D eigenvalue weighted by atomic mass is 10.2. The molecule has 1 saturated heterocycles. The van der Waals surface area contributed by atoms with Crippen LogP contribution in [0.15, 0.2) is 35.6 Å². The highest BCUT2D eigenvalue weighted by Gasteiger charge is 2.29. The van der Waals surface area contributed by atoms with E-state index in [0.29, 0.717) is 30.0 Å². The maximum atomic E-state index is 12.9. The second kappa shape index (κ2) is 8.83. The van der Waals surface area contributed by atoms with E-state index < -0.39 is 23.6 Å². The molecule has 0 amide bonds. The highest BCUT2D eigenvalue weighted by atomic mass is 32.2. The Morgan fingerprint density at radius 2 is 2.03 bits per heavy atom. The molecule has 11 heteroatoms. The zero-order chi connectivity index (χ0) is 22.0. The zero-order valence-corrected chi connectivity index (χ0v) is 17.6. The Bertz CT molecular complexity index is 1100. The molecule has 3 heterocycles. The largest absolute Gasteiger partial charge is 0.484 e. The molecule has 1 aliphatic heterocycles. The van der Waals surface area contributed by atoms with Gasteiger partial charge in [0.15, 0.2) is 11.8 Å². The van der Waals surface area contributed by atoms with Gasteiger partial charge in [-0.25, -0.2) is 4.98 Å². The number of anilines is 1. The van der Waals surface area contributed by atoms with Crippen molar-refractivity contribution in [3.05, 3.63) is 41.7 Å². The van der Waals surface area contributed by atoms with Crippen LogP contribution in [0.4, 0.5) is 18.9 Å². The lowest BCUT2D eigenvalue weighted by Gasteiger charge is -2.28. The molecule has 4 rings (SSSR count). The van der Waals surface area contributed by atoms with Gasteiger partial charge in [-0.05, 0) is 31.2 Å². The van der Waals surface area contributed by atoms with E-state index in [1.807, 2.05) is 18.2 Å². The van der Waals surface area contributed by atoms with Crippen LogP contribution < -0.4 is 9.64 Å². The number of alkyl halides is 3. The van der Waals surface area contributed by atoms with Gasteiger partial charge in [0, 0.05) is 30.5 Å². The van der Waals surface area contributed by atoms with Gasteiger partial charge in [-0.15, -0.1) is 0 Å². The number of rotatable bonds is 6. The van der Waals surface area contributed by atoms with Gasteiger partial charge in [0.05, 0.1) is 46.5 Å². The molecule has 1 aromatic carbocycles. The molecule has 1 unspecified atom stereocenters. The maximum Gasteiger partial charge on any atom is 0.422 e. The first kappa shape index (κ1) is 21.6. The van der Waals surface area contributed by atoms with Crippen molar-refractivity contribution in [1.82, 2.24) is 15.0 Å². The summed E-state index contributed by atoms with van der Waals surface area (Å²) in [7, 11) is -1.56. The lowest BCUT2D eigenvalue weighted by molar-refractivity contribution is -0.153. The number of nitrogens with one attached hydrogen (secondary N) is 1. The van der Waals surface area contributed by atoms with Crippen molar-refractivity contribution in [2.45, 2.75) is 24.0 Å². The van der Waals surface area contributed by atoms with Crippen molar-refractivity contribution in [1.29, 1.82) is 0 Å². The molecule has 2 aromatic heterocycles. The number of ether oxygens (including phenoxy) is 2. The summed E-state index contributed by atoms with van der Waals surface area (Å²) in [5.74, 6) is 0.0737. The Morgan fingerprint density at radius 3 is 2.77 bits per heavy atom. The maximum absolute atomic E-state index is 12.9. The van der Waals surface area contributed by atoms with Crippen molar-refractivity contribution < 1.29 is 26.9 Å². The topological polar surface area (TPSA) is 80.3 Å². The summed E-state index contributed by atoms with van der Waals surface area (Å²) in [5.41, 5.74) is 3.30. The zero-order valence-electron chi connectivity index (χ0n) is 16.7. The van der Waals surface area contributed by atoms with E-state index >= 15 is 0 Å². The van der Waals surface area contributed by atoms with Crippen LogP contribution in [-0.4, -0.2) is 58.2 Å². The first-order chi connectivity index (χ1) is 14.8. The predicted molar refractivity (Wildman–Crippen MR) is 110 cm³/mol. The second-order valence-electron chi connectivity index (χ2n) is 7.12. The second-order valence-corrected chi connectivity index (χ2v) is 8.48. The Labute approximate surface area is 179 Å². The monoisotopic (exact) mass is 454 g/mol. The number of aromatic amines is 1. The number of pyridine rings is 1. The standard InChI is InChI=1S/C20H21F3N4O3S/c1-13-17(24-5-4-18(13)30-12-20(21,22)23)11-31(28)19-25-15-3-2-14(10-16(15)26-19)27-6-8-29-9-7-27/h2-5,10H,6-9,11-12H2,1H3,(H,25,26). The number of hydrogen-bond acceptors (Lipinski definition) is 6. The number of morpholine rings is 1. The first-order valence-corrected chi connectivity index (χ1v) is 11.0. The fourth-order valence-corrected chi connectivity index (χ4v) is 4.41. The van der Waals surface area contributed by atoms with Crippen molar-refractivity contribution in [2.24, 2.45) is 0 Å². The smallest absolute Gasteiger partial charge is 0.422 e. The molecular formula is C20H21F3N4O3S. The van der Waals surface area contributed by atoms with Gasteiger partial charge >= 0.3 is 6.18 Å². The summed E-state index contributed by atoms with van der Waals surface area (Å²) >= 11 is 0. The molecule has 1 fully saturated rings. The molecule has 7 nitrogen and oxygen atoms in total. The van der Waals surface area contributed by atoms with E-state index in [0.717, 1.165) is 24.3 Å². The van der Waals surface area contributed by atoms with Crippen LogP contribution in [-0.2, 0) is 21.3 Å². The van der Waals surface area contributed by atoms with Crippen LogP contribution in [0.3, 0.4) is 0 Å². The number of hydrogen-bond donors (Lipinski definition) is 1. The minimum absolute atomic E-state index is 0.00515. The van der Waals surface area contributed by atoms with Gasteiger partial charge in [-0.2, -0.15) is 13.2 Å². The van der Waals surface area contributed by atoms with E-state index in [2.05, 4.69) is 19.9 Å². The third-order valence-corrected chi connectivity index (χ3v) is 6.11. The van der Waals surface area contributed by atoms with Gasteiger partial charge in [0.2, 0.25) is 0 Å². The molecule has 0 bridgehead atoms. The highest BCUT2D eigenvalue weighted by Crippen LogP contribution is 2.26. The van der Waals surface area contributed by atoms with Gasteiger partial charge in [-0.3, -0.25) is 9.19 Å². The minimum Gasteiger partial charge on any atom is -0.484 e. The molecule has 0 aliphatic carbocycles. The van der Waals surface area contributed by atoms with E-state index in [-0.39, 0.29) is 16.7 Å². The average Bonchev–Trinajstić information content (AvgIpc) is 3.18. The summed E-state index contributed by atoms with van der Waals surface area (Å²) in [6.07, 6.45) is -3.09. The quantitative estimate of drug-likeness (QED) is 0.615. The lowest BCUT2D eigenvalue weighted by Crippen LogP contribution is -2.36. The molecule has 0 radical (unpaired) electrons. The summed E-state index contributed by atoms with van der Waals surface area (Å²) < 4.78 is 60.4. The average molecular weight is 454 g/mol.